The van der Waals surface area contributed by atoms with Crippen molar-refractivity contribution in [3.63, 3.8) is 0 Å². The second kappa shape index (κ2) is 12.0. The van der Waals surface area contributed by atoms with Crippen LogP contribution in [0.4, 0.5) is 0 Å². The zero-order chi connectivity index (χ0) is 28.5. The van der Waals surface area contributed by atoms with E-state index in [0.717, 1.165) is 105 Å². The van der Waals surface area contributed by atoms with Gasteiger partial charge in [-0.2, -0.15) is 0 Å². The van der Waals surface area contributed by atoms with Crippen molar-refractivity contribution in [2.24, 2.45) is 11.8 Å². The number of aryl methyl sites for hydroxylation is 1. The number of hydrogen-bond acceptors (Lipinski definition) is 7. The summed E-state index contributed by atoms with van der Waals surface area (Å²) in [6.07, 6.45) is 10.8. The molecule has 3 aliphatic rings. The summed E-state index contributed by atoms with van der Waals surface area (Å²) in [5, 5.41) is 0. The molecule has 4 heterocycles. The van der Waals surface area contributed by atoms with Crippen LogP contribution in [0.5, 0.6) is 11.5 Å². The van der Waals surface area contributed by atoms with Gasteiger partial charge in [0.05, 0.1) is 35.0 Å². The molecule has 0 radical (unpaired) electrons. The fourth-order valence-electron chi connectivity index (χ4n) is 6.57. The smallest absolute Gasteiger partial charge is 0.225 e. The van der Waals surface area contributed by atoms with Gasteiger partial charge >= 0.3 is 0 Å². The van der Waals surface area contributed by atoms with Crippen molar-refractivity contribution in [2.45, 2.75) is 84.2 Å². The number of methoxy groups -OCH3 is 1. The monoisotopic (exact) mass is 576 g/mol. The number of aromatic nitrogens is 3. The van der Waals surface area contributed by atoms with Gasteiger partial charge in [-0.3, -0.25) is 19.1 Å². The van der Waals surface area contributed by atoms with Gasteiger partial charge in [0, 0.05) is 37.2 Å². The molecule has 8 nitrogen and oxygen atoms in total. The lowest BCUT2D eigenvalue weighted by Gasteiger charge is -2.34. The van der Waals surface area contributed by atoms with Crippen LogP contribution in [0, 0.1) is 11.8 Å². The first-order valence-electron chi connectivity index (χ1n) is 15.2. The van der Waals surface area contributed by atoms with Gasteiger partial charge in [-0.25, -0.2) is 4.98 Å². The number of likely N-dealkylation sites (tertiary alicyclic amines) is 1. The number of rotatable bonds is 7. The molecular weight excluding hydrogens is 536 g/mol. The van der Waals surface area contributed by atoms with Gasteiger partial charge in [0.15, 0.2) is 23.1 Å². The fourth-order valence-corrected chi connectivity index (χ4v) is 7.17. The minimum Gasteiger partial charge on any atom is -0.493 e. The fraction of sp³-hybridized carbons (Fsp3) is 0.562. The van der Waals surface area contributed by atoms with E-state index in [2.05, 4.69) is 15.6 Å². The van der Waals surface area contributed by atoms with Crippen molar-refractivity contribution in [2.75, 3.05) is 20.2 Å². The van der Waals surface area contributed by atoms with E-state index in [-0.39, 0.29) is 23.7 Å². The van der Waals surface area contributed by atoms with Crippen LogP contribution in [0.1, 0.15) is 87.0 Å². The Balaban J connectivity index is 1.32. The lowest BCUT2D eigenvalue weighted by Crippen LogP contribution is -2.45. The zero-order valence-electron chi connectivity index (χ0n) is 24.4. The van der Waals surface area contributed by atoms with Gasteiger partial charge < -0.3 is 14.4 Å². The van der Waals surface area contributed by atoms with Gasteiger partial charge in [0.25, 0.3) is 0 Å². The van der Waals surface area contributed by atoms with Crippen molar-refractivity contribution in [1.29, 1.82) is 0 Å². The van der Waals surface area contributed by atoms with E-state index in [4.69, 9.17) is 14.5 Å². The van der Waals surface area contributed by atoms with Crippen LogP contribution in [-0.2, 0) is 17.6 Å². The highest BCUT2D eigenvalue weighted by atomic mass is 32.1. The molecule has 0 N–H and O–H groups in total. The summed E-state index contributed by atoms with van der Waals surface area (Å²) in [6.45, 7) is 5.82. The summed E-state index contributed by atoms with van der Waals surface area (Å²) < 4.78 is 13.9. The number of imidazole rings is 1. The number of Topliss-reactive ketones (excluding diaryl/α,β-unsaturated/α-hetero) is 1. The third kappa shape index (κ3) is 5.53. The van der Waals surface area contributed by atoms with Crippen LogP contribution in [0.15, 0.2) is 23.8 Å². The highest BCUT2D eigenvalue weighted by Crippen LogP contribution is 2.41. The lowest BCUT2D eigenvalue weighted by molar-refractivity contribution is -0.139. The number of ether oxygens (including phenoxy) is 2. The molecule has 0 bridgehead atoms. The van der Waals surface area contributed by atoms with Crippen molar-refractivity contribution in [3.8, 4) is 27.9 Å². The Morgan fingerprint density at radius 1 is 0.976 bits per heavy atom. The van der Waals surface area contributed by atoms with Crippen molar-refractivity contribution in [3.05, 3.63) is 40.8 Å². The molecule has 1 aliphatic carbocycles. The second-order valence-corrected chi connectivity index (χ2v) is 12.8. The molecule has 41 heavy (non-hydrogen) atoms. The van der Waals surface area contributed by atoms with Gasteiger partial charge in [0.1, 0.15) is 5.69 Å². The van der Waals surface area contributed by atoms with E-state index >= 15 is 0 Å². The van der Waals surface area contributed by atoms with Crippen LogP contribution < -0.4 is 9.47 Å². The highest BCUT2D eigenvalue weighted by molar-refractivity contribution is 7.13. The number of benzene rings is 1. The molecule has 6 rings (SSSR count). The molecular formula is C32H40N4O4S. The number of ketones is 1. The van der Waals surface area contributed by atoms with Crippen molar-refractivity contribution in [1.82, 2.24) is 19.4 Å². The molecule has 2 atom stereocenters. The Kier molecular flexibility index (Phi) is 8.15. The van der Waals surface area contributed by atoms with E-state index in [1.54, 1.807) is 12.6 Å². The normalized spacial score (nSPS) is 20.7. The van der Waals surface area contributed by atoms with Gasteiger partial charge in [-0.15, -0.1) is 11.3 Å². The molecule has 218 valence electrons. The van der Waals surface area contributed by atoms with E-state index in [9.17, 15) is 9.59 Å². The first kappa shape index (κ1) is 27.9. The van der Waals surface area contributed by atoms with Crippen LogP contribution in [-0.4, -0.2) is 57.4 Å². The zero-order valence-corrected chi connectivity index (χ0v) is 25.2. The maximum absolute atomic E-state index is 14.2. The lowest BCUT2D eigenvalue weighted by atomic mass is 9.89. The topological polar surface area (TPSA) is 86.5 Å². The molecule has 1 aromatic carbocycles. The number of nitrogens with zero attached hydrogens (tertiary/aromatic N) is 4. The third-order valence-corrected chi connectivity index (χ3v) is 9.58. The first-order chi connectivity index (χ1) is 19.9. The molecule has 2 unspecified atom stereocenters. The molecule has 1 amide bonds. The number of carbonyl (C=O) groups excluding carboxylic acids is 2. The Bertz CT molecular complexity index is 1410. The Labute approximate surface area is 246 Å². The summed E-state index contributed by atoms with van der Waals surface area (Å²) in [6, 6.07) is 4.09. The molecule has 9 heteroatoms. The largest absolute Gasteiger partial charge is 0.493 e. The molecule has 1 saturated carbocycles. The quantitative estimate of drug-likeness (QED) is 0.308. The molecule has 1 saturated heterocycles. The minimum atomic E-state index is -0.0705. The summed E-state index contributed by atoms with van der Waals surface area (Å²) in [4.78, 5) is 39.5. The maximum atomic E-state index is 14.2. The molecule has 2 aromatic heterocycles. The summed E-state index contributed by atoms with van der Waals surface area (Å²) >= 11 is 1.53. The Morgan fingerprint density at radius 2 is 1.73 bits per heavy atom. The molecule has 2 fully saturated rings. The van der Waals surface area contributed by atoms with Crippen molar-refractivity contribution >= 4 is 23.0 Å². The Hall–Kier alpha value is -3.20. The number of fused-ring (bicyclic) bond motifs is 3. The van der Waals surface area contributed by atoms with Crippen molar-refractivity contribution < 1.29 is 19.1 Å². The Morgan fingerprint density at radius 3 is 2.41 bits per heavy atom. The standard InChI is InChI=1S/C32H40N4O4S/c1-20(2)40-27-17-25-23(16-26(27)39-3)12-13-24-29(34-31(36(24)25)28-18-33-19-41-28)30(37)21-8-4-5-9-22(11-6-10-21)32(38)35-14-7-15-35/h16-22H,4-15H2,1-3H3. The second-order valence-electron chi connectivity index (χ2n) is 11.9. The summed E-state index contributed by atoms with van der Waals surface area (Å²) in [5.74, 6) is 2.67. The number of carbonyl (C=O) groups is 2. The van der Waals surface area contributed by atoms with E-state index in [1.807, 2.05) is 31.0 Å². The van der Waals surface area contributed by atoms with E-state index in [0.29, 0.717) is 23.1 Å². The van der Waals surface area contributed by atoms with Crippen LogP contribution in [0.3, 0.4) is 0 Å². The average molecular weight is 577 g/mol. The molecule has 0 spiro atoms. The molecule has 3 aromatic rings. The predicted octanol–water partition coefficient (Wildman–Crippen LogP) is 6.28. The maximum Gasteiger partial charge on any atom is 0.225 e. The number of amides is 1. The summed E-state index contributed by atoms with van der Waals surface area (Å²) in [5.41, 5.74) is 5.50. The number of thiazole rings is 1. The van der Waals surface area contributed by atoms with Crippen LogP contribution >= 0.6 is 11.3 Å². The van der Waals surface area contributed by atoms with Gasteiger partial charge in [0.2, 0.25) is 5.91 Å². The van der Waals surface area contributed by atoms with E-state index in [1.165, 1.54) is 11.3 Å². The van der Waals surface area contributed by atoms with Gasteiger partial charge in [-0.05, 0) is 70.4 Å². The van der Waals surface area contributed by atoms with Crippen LogP contribution in [0.2, 0.25) is 0 Å². The molecule has 2 aliphatic heterocycles. The number of hydrogen-bond donors (Lipinski definition) is 0. The third-order valence-electron chi connectivity index (χ3n) is 8.81. The van der Waals surface area contributed by atoms with Crippen LogP contribution in [0.25, 0.3) is 16.4 Å². The predicted molar refractivity (Wildman–Crippen MR) is 159 cm³/mol. The highest BCUT2D eigenvalue weighted by Gasteiger charge is 2.34. The SMILES string of the molecule is COc1cc2c(cc1OC(C)C)-n1c(-c3cncs3)nc(C(=O)C3CCCCC(C(=O)N4CCC4)CCC3)c1CC2. The summed E-state index contributed by atoms with van der Waals surface area (Å²) in [7, 11) is 1.67. The first-order valence-corrected chi connectivity index (χ1v) is 16.0. The average Bonchev–Trinajstić information content (AvgIpc) is 3.61. The van der Waals surface area contributed by atoms with E-state index < -0.39 is 0 Å². The van der Waals surface area contributed by atoms with Gasteiger partial charge in [-0.1, -0.05) is 19.3 Å². The minimum absolute atomic E-state index is 0.00454.